The van der Waals surface area contributed by atoms with Crippen LogP contribution in [0.25, 0.3) is 0 Å². The van der Waals surface area contributed by atoms with Gasteiger partial charge < -0.3 is 4.74 Å². The van der Waals surface area contributed by atoms with Crippen molar-refractivity contribution in [3.63, 3.8) is 0 Å². The van der Waals surface area contributed by atoms with Gasteiger partial charge in [0.2, 0.25) is 0 Å². The first kappa shape index (κ1) is 13.5. The molecule has 0 amide bonds. The van der Waals surface area contributed by atoms with E-state index in [4.69, 9.17) is 8.92 Å². The van der Waals surface area contributed by atoms with E-state index in [-0.39, 0.29) is 17.4 Å². The highest BCUT2D eigenvalue weighted by Crippen LogP contribution is 2.22. The molecule has 1 unspecified atom stereocenters. The van der Waals surface area contributed by atoms with E-state index in [9.17, 15) is 8.42 Å². The molecule has 2 rings (SSSR count). The number of benzene rings is 1. The zero-order valence-corrected chi connectivity index (χ0v) is 11.4. The van der Waals surface area contributed by atoms with E-state index in [2.05, 4.69) is 0 Å². The van der Waals surface area contributed by atoms with Gasteiger partial charge in [0, 0.05) is 5.92 Å². The lowest BCUT2D eigenvalue weighted by molar-refractivity contribution is -0.0640. The molecule has 1 heterocycles. The topological polar surface area (TPSA) is 52.6 Å². The minimum Gasteiger partial charge on any atom is -0.381 e. The number of aryl methyl sites for hydroxylation is 1. The Labute approximate surface area is 108 Å². The molecule has 1 aromatic rings. The Kier molecular flexibility index (Phi) is 4.04. The van der Waals surface area contributed by atoms with E-state index in [0.29, 0.717) is 19.1 Å². The minimum absolute atomic E-state index is 0.193. The summed E-state index contributed by atoms with van der Waals surface area (Å²) in [6.45, 7) is 5.52. The Hall–Kier alpha value is -0.910. The maximum Gasteiger partial charge on any atom is 0.296 e. The van der Waals surface area contributed by atoms with Crippen LogP contribution in [0.3, 0.4) is 0 Å². The molecule has 100 valence electrons. The standard InChI is InChI=1S/C13H18O4S/c1-10-3-5-13(6-4-10)18(14,15)17-7-11(2)12-8-16-9-12/h3-6,11-12H,7-9H2,1-2H3. The van der Waals surface area contributed by atoms with Gasteiger partial charge in [-0.25, -0.2) is 0 Å². The largest absolute Gasteiger partial charge is 0.381 e. The average molecular weight is 270 g/mol. The Bertz CT molecular complexity index is 488. The van der Waals surface area contributed by atoms with Crippen LogP contribution < -0.4 is 0 Å². The summed E-state index contributed by atoms with van der Waals surface area (Å²) in [6, 6.07) is 6.67. The molecular formula is C13H18O4S. The molecule has 0 aromatic heterocycles. The van der Waals surface area contributed by atoms with Gasteiger partial charge in [0.1, 0.15) is 0 Å². The summed E-state index contributed by atoms with van der Waals surface area (Å²) in [5.74, 6) is 0.609. The highest BCUT2D eigenvalue weighted by atomic mass is 32.2. The summed E-state index contributed by atoms with van der Waals surface area (Å²) < 4.78 is 34.0. The van der Waals surface area contributed by atoms with Crippen LogP contribution in [0.5, 0.6) is 0 Å². The fourth-order valence-electron chi connectivity index (χ4n) is 1.69. The lowest BCUT2D eigenvalue weighted by Gasteiger charge is -2.31. The van der Waals surface area contributed by atoms with Crippen LogP contribution in [0.15, 0.2) is 29.2 Å². The molecule has 1 aliphatic heterocycles. The number of hydrogen-bond acceptors (Lipinski definition) is 4. The third-order valence-electron chi connectivity index (χ3n) is 3.26. The highest BCUT2D eigenvalue weighted by molar-refractivity contribution is 7.86. The van der Waals surface area contributed by atoms with Crippen molar-refractivity contribution >= 4 is 10.1 Å². The van der Waals surface area contributed by atoms with E-state index in [0.717, 1.165) is 5.56 Å². The van der Waals surface area contributed by atoms with Gasteiger partial charge in [0.05, 0.1) is 24.7 Å². The number of ether oxygens (including phenoxy) is 1. The van der Waals surface area contributed by atoms with Crippen molar-refractivity contribution in [3.8, 4) is 0 Å². The molecule has 0 saturated carbocycles. The van der Waals surface area contributed by atoms with Crippen LogP contribution in [0.4, 0.5) is 0 Å². The molecule has 1 aliphatic rings. The van der Waals surface area contributed by atoms with Crippen molar-refractivity contribution in [3.05, 3.63) is 29.8 Å². The maximum absolute atomic E-state index is 11.9. The van der Waals surface area contributed by atoms with Gasteiger partial charge in [-0.1, -0.05) is 24.6 Å². The summed E-state index contributed by atoms with van der Waals surface area (Å²) in [7, 11) is -3.63. The van der Waals surface area contributed by atoms with E-state index in [1.807, 2.05) is 13.8 Å². The van der Waals surface area contributed by atoms with Crippen LogP contribution in [-0.2, 0) is 19.0 Å². The molecule has 0 aliphatic carbocycles. The molecule has 1 aromatic carbocycles. The quantitative estimate of drug-likeness (QED) is 0.768. The van der Waals surface area contributed by atoms with Crippen molar-refractivity contribution in [2.75, 3.05) is 19.8 Å². The fraction of sp³-hybridized carbons (Fsp3) is 0.538. The molecule has 1 fully saturated rings. The molecule has 0 spiro atoms. The Morgan fingerprint density at radius 2 is 1.94 bits per heavy atom. The molecule has 18 heavy (non-hydrogen) atoms. The van der Waals surface area contributed by atoms with Crippen LogP contribution >= 0.6 is 0 Å². The van der Waals surface area contributed by atoms with Gasteiger partial charge in [0.15, 0.2) is 0 Å². The molecule has 1 saturated heterocycles. The Balaban J connectivity index is 1.96. The van der Waals surface area contributed by atoms with Crippen LogP contribution in [-0.4, -0.2) is 28.2 Å². The minimum atomic E-state index is -3.63. The van der Waals surface area contributed by atoms with Crippen molar-refractivity contribution in [2.24, 2.45) is 11.8 Å². The second-order valence-electron chi connectivity index (χ2n) is 4.83. The Morgan fingerprint density at radius 1 is 1.33 bits per heavy atom. The summed E-state index contributed by atoms with van der Waals surface area (Å²) in [5, 5.41) is 0. The number of hydrogen-bond donors (Lipinski definition) is 0. The lowest BCUT2D eigenvalue weighted by Crippen LogP contribution is -2.35. The molecule has 0 bridgehead atoms. The van der Waals surface area contributed by atoms with Gasteiger partial charge >= 0.3 is 0 Å². The highest BCUT2D eigenvalue weighted by Gasteiger charge is 2.27. The third kappa shape index (κ3) is 3.10. The monoisotopic (exact) mass is 270 g/mol. The molecule has 4 nitrogen and oxygen atoms in total. The molecule has 5 heteroatoms. The summed E-state index contributed by atoms with van der Waals surface area (Å²) in [6.07, 6.45) is 0. The Morgan fingerprint density at radius 3 is 2.44 bits per heavy atom. The van der Waals surface area contributed by atoms with Gasteiger partial charge in [-0.15, -0.1) is 0 Å². The zero-order valence-electron chi connectivity index (χ0n) is 10.6. The third-order valence-corrected chi connectivity index (χ3v) is 4.56. The van der Waals surface area contributed by atoms with Gasteiger partial charge in [-0.2, -0.15) is 8.42 Å². The smallest absolute Gasteiger partial charge is 0.296 e. The summed E-state index contributed by atoms with van der Waals surface area (Å²) in [5.41, 5.74) is 1.02. The van der Waals surface area contributed by atoms with Crippen LogP contribution in [0, 0.1) is 18.8 Å². The summed E-state index contributed by atoms with van der Waals surface area (Å²) >= 11 is 0. The lowest BCUT2D eigenvalue weighted by atomic mass is 9.94. The number of rotatable bonds is 5. The SMILES string of the molecule is Cc1ccc(S(=O)(=O)OCC(C)C2COC2)cc1. The first-order chi connectivity index (χ1) is 8.49. The van der Waals surface area contributed by atoms with Gasteiger partial charge in [-0.3, -0.25) is 4.18 Å². The normalized spacial score (nSPS) is 18.3. The predicted molar refractivity (Wildman–Crippen MR) is 67.8 cm³/mol. The summed E-state index contributed by atoms with van der Waals surface area (Å²) in [4.78, 5) is 0.213. The average Bonchev–Trinajstić information content (AvgIpc) is 2.25. The first-order valence-electron chi connectivity index (χ1n) is 6.03. The van der Waals surface area contributed by atoms with Crippen molar-refractivity contribution in [1.29, 1.82) is 0 Å². The fourth-order valence-corrected chi connectivity index (χ4v) is 2.69. The second kappa shape index (κ2) is 5.38. The van der Waals surface area contributed by atoms with Crippen LogP contribution in [0.2, 0.25) is 0 Å². The van der Waals surface area contributed by atoms with E-state index in [1.54, 1.807) is 24.3 Å². The van der Waals surface area contributed by atoms with Crippen molar-refractivity contribution in [1.82, 2.24) is 0 Å². The van der Waals surface area contributed by atoms with Crippen LogP contribution in [0.1, 0.15) is 12.5 Å². The van der Waals surface area contributed by atoms with Crippen molar-refractivity contribution < 1.29 is 17.3 Å². The predicted octanol–water partition coefficient (Wildman–Crippen LogP) is 1.98. The molecule has 0 radical (unpaired) electrons. The zero-order chi connectivity index (χ0) is 13.2. The van der Waals surface area contributed by atoms with E-state index in [1.165, 1.54) is 0 Å². The van der Waals surface area contributed by atoms with Gasteiger partial charge in [-0.05, 0) is 25.0 Å². The van der Waals surface area contributed by atoms with Gasteiger partial charge in [0.25, 0.3) is 10.1 Å². The molecule has 1 atom stereocenters. The first-order valence-corrected chi connectivity index (χ1v) is 7.44. The van der Waals surface area contributed by atoms with Crippen molar-refractivity contribution in [2.45, 2.75) is 18.7 Å². The molecular weight excluding hydrogens is 252 g/mol. The van der Waals surface area contributed by atoms with E-state index < -0.39 is 10.1 Å². The second-order valence-corrected chi connectivity index (χ2v) is 6.44. The maximum atomic E-state index is 11.9. The molecule has 0 N–H and O–H groups in total. The van der Waals surface area contributed by atoms with E-state index >= 15 is 0 Å².